The first-order chi connectivity index (χ1) is 11.5. The van der Waals surface area contributed by atoms with Crippen molar-refractivity contribution < 1.29 is 14.5 Å². The maximum Gasteiger partial charge on any atom is 0.411 e. The molecule has 0 heterocycles. The highest BCUT2D eigenvalue weighted by Gasteiger charge is 2.18. The van der Waals surface area contributed by atoms with Crippen LogP contribution in [0.2, 0.25) is 0 Å². The first kappa shape index (κ1) is 18.0. The molecule has 0 atom stereocenters. The van der Waals surface area contributed by atoms with E-state index in [2.05, 4.69) is 15.4 Å². The van der Waals surface area contributed by atoms with E-state index in [1.165, 1.54) is 24.3 Å². The van der Waals surface area contributed by atoms with E-state index >= 15 is 0 Å². The lowest BCUT2D eigenvalue weighted by molar-refractivity contribution is -0.383. The van der Waals surface area contributed by atoms with Crippen LogP contribution in [0.3, 0.4) is 0 Å². The van der Waals surface area contributed by atoms with Crippen molar-refractivity contribution in [3.05, 3.63) is 39.6 Å². The van der Waals surface area contributed by atoms with Crippen LogP contribution in [0, 0.1) is 44.1 Å². The lowest BCUT2D eigenvalue weighted by Gasteiger charge is -2.09. The molecule has 0 saturated heterocycles. The number of nitriles is 3. The van der Waals surface area contributed by atoms with Gasteiger partial charge >= 0.3 is 6.09 Å². The molecule has 1 aromatic carbocycles. The van der Waals surface area contributed by atoms with Gasteiger partial charge in [0.15, 0.2) is 5.57 Å². The minimum Gasteiger partial charge on any atom is -0.450 e. The molecule has 10 heteroatoms. The average Bonchev–Trinajstić information content (AvgIpc) is 2.56. The molecule has 0 aliphatic heterocycles. The number of rotatable bonds is 5. The maximum atomic E-state index is 11.4. The summed E-state index contributed by atoms with van der Waals surface area (Å²) < 4.78 is 4.64. The second-order valence-electron chi connectivity index (χ2n) is 4.04. The van der Waals surface area contributed by atoms with Gasteiger partial charge in [-0.25, -0.2) is 4.79 Å². The summed E-state index contributed by atoms with van der Waals surface area (Å²) in [5, 5.41) is 42.2. The van der Waals surface area contributed by atoms with Gasteiger partial charge in [0.2, 0.25) is 0 Å². The molecule has 0 fully saturated rings. The lowest BCUT2D eigenvalue weighted by atomic mass is 10.2. The summed E-state index contributed by atoms with van der Waals surface area (Å²) in [5.41, 5.74) is -1.28. The quantitative estimate of drug-likeness (QED) is 0.472. The third-order valence-electron chi connectivity index (χ3n) is 2.56. The number of nitrogens with one attached hydrogen (secondary N) is 2. The molecule has 0 aliphatic rings. The topological polar surface area (TPSA) is 165 Å². The fourth-order valence-electron chi connectivity index (χ4n) is 1.57. The number of nitro benzene ring substituents is 1. The van der Waals surface area contributed by atoms with Crippen molar-refractivity contribution in [1.82, 2.24) is 0 Å². The summed E-state index contributed by atoms with van der Waals surface area (Å²) >= 11 is 0. The van der Waals surface area contributed by atoms with Gasteiger partial charge in [0.1, 0.15) is 29.6 Å². The van der Waals surface area contributed by atoms with Crippen LogP contribution in [0.4, 0.5) is 21.9 Å². The van der Waals surface area contributed by atoms with Crippen molar-refractivity contribution in [3.63, 3.8) is 0 Å². The monoisotopic (exact) mass is 326 g/mol. The molecule has 0 spiro atoms. The first-order valence-corrected chi connectivity index (χ1v) is 6.40. The van der Waals surface area contributed by atoms with Crippen LogP contribution in [-0.2, 0) is 4.74 Å². The van der Waals surface area contributed by atoms with E-state index in [0.29, 0.717) is 0 Å². The summed E-state index contributed by atoms with van der Waals surface area (Å²) in [6.07, 6.45) is -0.852. The Morgan fingerprint density at radius 2 is 1.92 bits per heavy atom. The van der Waals surface area contributed by atoms with E-state index in [4.69, 9.17) is 15.8 Å². The highest BCUT2D eigenvalue weighted by molar-refractivity contribution is 5.88. The molecule has 24 heavy (non-hydrogen) atoms. The lowest BCUT2D eigenvalue weighted by Crippen LogP contribution is -2.14. The predicted molar refractivity (Wildman–Crippen MR) is 81.2 cm³/mol. The largest absolute Gasteiger partial charge is 0.450 e. The Balaban J connectivity index is 3.20. The Morgan fingerprint density at radius 3 is 2.42 bits per heavy atom. The van der Waals surface area contributed by atoms with E-state index in [9.17, 15) is 14.9 Å². The molecule has 2 N–H and O–H groups in total. The number of carbonyl (C=O) groups is 1. The molecule has 0 saturated carbocycles. The van der Waals surface area contributed by atoms with Gasteiger partial charge < -0.3 is 10.1 Å². The van der Waals surface area contributed by atoms with Gasteiger partial charge in [-0.1, -0.05) is 0 Å². The fraction of sp³-hybridized carbons (Fsp3) is 0.143. The standard InChI is InChI=1S/C14H10N6O4/c1-2-24-14(21)19-11-4-3-10(5-13(11)20(22)23)18-12(8-17)9(6-15)7-16/h3-5,18H,2H2,1H3,(H,19,21). The molecule has 0 bridgehead atoms. The van der Waals surface area contributed by atoms with Crippen LogP contribution >= 0.6 is 0 Å². The summed E-state index contributed by atoms with van der Waals surface area (Å²) in [6, 6.07) is 8.31. The molecular formula is C14H10N6O4. The molecule has 0 unspecified atom stereocenters. The summed E-state index contributed by atoms with van der Waals surface area (Å²) in [5.74, 6) is 0. The molecular weight excluding hydrogens is 316 g/mol. The maximum absolute atomic E-state index is 11.4. The van der Waals surface area contributed by atoms with Crippen molar-refractivity contribution in [2.75, 3.05) is 17.2 Å². The summed E-state index contributed by atoms with van der Waals surface area (Å²) in [4.78, 5) is 21.7. The number of hydrogen-bond donors (Lipinski definition) is 2. The minimum atomic E-state index is -0.852. The van der Waals surface area contributed by atoms with Crippen LogP contribution in [0.25, 0.3) is 0 Å². The van der Waals surface area contributed by atoms with Crippen LogP contribution in [0.5, 0.6) is 0 Å². The Hall–Kier alpha value is -4.10. The van der Waals surface area contributed by atoms with Gasteiger partial charge in [-0.15, -0.1) is 0 Å². The SMILES string of the molecule is CCOC(=O)Nc1ccc(NC(C#N)=C(C#N)C#N)cc1[N+](=O)[O-]. The fourth-order valence-corrected chi connectivity index (χ4v) is 1.57. The zero-order valence-electron chi connectivity index (χ0n) is 12.4. The van der Waals surface area contributed by atoms with E-state index < -0.39 is 22.3 Å². The van der Waals surface area contributed by atoms with Crippen molar-refractivity contribution >= 4 is 23.2 Å². The Labute approximate surface area is 136 Å². The number of hydrogen-bond acceptors (Lipinski definition) is 8. The van der Waals surface area contributed by atoms with E-state index in [0.717, 1.165) is 6.07 Å². The number of amides is 1. The van der Waals surface area contributed by atoms with Gasteiger partial charge in [0.25, 0.3) is 5.69 Å². The number of nitrogens with zero attached hydrogens (tertiary/aromatic N) is 4. The van der Waals surface area contributed by atoms with Crippen molar-refractivity contribution in [3.8, 4) is 18.2 Å². The van der Waals surface area contributed by atoms with Crippen LogP contribution in [-0.4, -0.2) is 17.6 Å². The van der Waals surface area contributed by atoms with Crippen molar-refractivity contribution in [2.24, 2.45) is 0 Å². The molecule has 10 nitrogen and oxygen atoms in total. The Bertz CT molecular complexity index is 809. The van der Waals surface area contributed by atoms with Crippen LogP contribution in [0.1, 0.15) is 6.92 Å². The molecule has 1 amide bonds. The van der Waals surface area contributed by atoms with Gasteiger partial charge in [0, 0.05) is 11.8 Å². The molecule has 0 aliphatic carbocycles. The van der Waals surface area contributed by atoms with E-state index in [1.54, 1.807) is 13.0 Å². The highest BCUT2D eigenvalue weighted by atomic mass is 16.6. The first-order valence-electron chi connectivity index (χ1n) is 6.40. The normalized spacial score (nSPS) is 8.75. The second-order valence-corrected chi connectivity index (χ2v) is 4.04. The van der Waals surface area contributed by atoms with Gasteiger partial charge in [-0.2, -0.15) is 15.8 Å². The zero-order chi connectivity index (χ0) is 18.1. The number of anilines is 2. The van der Waals surface area contributed by atoms with Gasteiger partial charge in [-0.3, -0.25) is 15.4 Å². The van der Waals surface area contributed by atoms with E-state index in [1.807, 2.05) is 0 Å². The molecule has 0 aromatic heterocycles. The third-order valence-corrected chi connectivity index (χ3v) is 2.56. The van der Waals surface area contributed by atoms with Gasteiger partial charge in [0.05, 0.1) is 11.5 Å². The average molecular weight is 326 g/mol. The molecule has 0 radical (unpaired) electrons. The minimum absolute atomic E-state index is 0.0932. The Kier molecular flexibility index (Phi) is 6.26. The van der Waals surface area contributed by atoms with Crippen molar-refractivity contribution in [2.45, 2.75) is 6.92 Å². The van der Waals surface area contributed by atoms with Crippen LogP contribution in [0.15, 0.2) is 29.5 Å². The Morgan fingerprint density at radius 1 is 1.25 bits per heavy atom. The number of carbonyl (C=O) groups excluding carboxylic acids is 1. The smallest absolute Gasteiger partial charge is 0.411 e. The third kappa shape index (κ3) is 4.45. The summed E-state index contributed by atoms with van der Waals surface area (Å²) in [7, 11) is 0. The van der Waals surface area contributed by atoms with Gasteiger partial charge in [-0.05, 0) is 19.1 Å². The molecule has 1 aromatic rings. The highest BCUT2D eigenvalue weighted by Crippen LogP contribution is 2.28. The van der Waals surface area contributed by atoms with Crippen molar-refractivity contribution in [1.29, 1.82) is 15.8 Å². The number of nitro groups is 1. The summed E-state index contributed by atoms with van der Waals surface area (Å²) in [6.45, 7) is 1.68. The molecule has 1 rings (SSSR count). The second kappa shape index (κ2) is 8.37. The number of benzene rings is 1. The number of allylic oxidation sites excluding steroid dienone is 2. The molecule has 120 valence electrons. The zero-order valence-corrected chi connectivity index (χ0v) is 12.4. The predicted octanol–water partition coefficient (Wildman–Crippen LogP) is 2.40. The van der Waals surface area contributed by atoms with E-state index in [-0.39, 0.29) is 23.7 Å². The number of ether oxygens (including phenoxy) is 1. The van der Waals surface area contributed by atoms with Crippen LogP contribution < -0.4 is 10.6 Å².